The van der Waals surface area contributed by atoms with Gasteiger partial charge in [0.25, 0.3) is 11.8 Å². The van der Waals surface area contributed by atoms with Gasteiger partial charge in [-0.25, -0.2) is 5.06 Å². The number of carbonyl (C=O) groups excluding carboxylic acids is 7. The predicted octanol–water partition coefficient (Wildman–Crippen LogP) is 7.51. The highest BCUT2D eigenvalue weighted by Crippen LogP contribution is 2.35. The number of hydroxylamine groups is 2. The third kappa shape index (κ3) is 15.8. The zero-order valence-electron chi connectivity index (χ0n) is 45.3. The molecule has 4 rings (SSSR count). The number of rotatable bonds is 30. The number of likely N-dealkylation sites (tertiary alicyclic amines) is 1. The summed E-state index contributed by atoms with van der Waals surface area (Å²) in [4.78, 5) is 108. The Morgan fingerprint density at radius 1 is 0.761 bits per heavy atom. The second kappa shape index (κ2) is 28.8. The molecule has 0 saturated carbocycles. The Morgan fingerprint density at radius 3 is 1.99 bits per heavy atom. The molecule has 0 radical (unpaired) electrons. The highest BCUT2D eigenvalue weighted by molar-refractivity contribution is 6.12. The van der Waals surface area contributed by atoms with E-state index in [0.29, 0.717) is 39.2 Å². The van der Waals surface area contributed by atoms with E-state index in [1.807, 2.05) is 83.8 Å². The topological polar surface area (TPSA) is 163 Å². The van der Waals surface area contributed by atoms with E-state index in [9.17, 15) is 33.6 Å². The number of Topliss-reactive ketones (excluding diaryl/α,β-unsaturated/α-hetero) is 2. The summed E-state index contributed by atoms with van der Waals surface area (Å²) in [6.07, 6.45) is 8.60. The molecule has 0 bridgehead atoms. The predicted molar refractivity (Wildman–Crippen MR) is 275 cm³/mol. The Hall–Kier alpha value is -4.31. The molecule has 0 unspecified atom stereocenters. The van der Waals surface area contributed by atoms with Crippen molar-refractivity contribution in [2.75, 3.05) is 61.1 Å². The van der Waals surface area contributed by atoms with E-state index in [4.69, 9.17) is 14.3 Å². The van der Waals surface area contributed by atoms with Crippen molar-refractivity contribution in [2.24, 2.45) is 35.5 Å². The molecule has 0 aliphatic carbocycles. The van der Waals surface area contributed by atoms with Gasteiger partial charge in [0.15, 0.2) is 5.78 Å². The van der Waals surface area contributed by atoms with E-state index in [0.717, 1.165) is 56.9 Å². The van der Waals surface area contributed by atoms with Crippen molar-refractivity contribution in [3.8, 4) is 0 Å². The van der Waals surface area contributed by atoms with Gasteiger partial charge < -0.3 is 19.3 Å². The van der Waals surface area contributed by atoms with Crippen molar-refractivity contribution in [3.05, 3.63) is 48.0 Å². The first-order valence-electron chi connectivity index (χ1n) is 26.7. The van der Waals surface area contributed by atoms with E-state index < -0.39 is 36.0 Å². The normalized spacial score (nSPS) is 20.3. The maximum Gasteiger partial charge on any atom is 0.253 e. The first-order valence-corrected chi connectivity index (χ1v) is 26.7. The summed E-state index contributed by atoms with van der Waals surface area (Å²) in [6, 6.07) is 8.54. The third-order valence-electron chi connectivity index (χ3n) is 15.8. The Balaban J connectivity index is 1.43. The van der Waals surface area contributed by atoms with Gasteiger partial charge in [-0.3, -0.25) is 48.2 Å². The van der Waals surface area contributed by atoms with Crippen molar-refractivity contribution in [3.63, 3.8) is 0 Å². The van der Waals surface area contributed by atoms with E-state index >= 15 is 0 Å². The standard InChI is InChI=1S/C56H89N5O10/c1-13-39(6)53(58(10)55(67)43(37(2)3)34-47(63)52(38(4)5)57(9)29-19-14-15-20-30-60-49(64)27-28-50(60)65)48(69-11)36-51(66)59-31-23-26-45(59)54(70-12)41(8)46(62)35-44(40(7)42-24-17-16-18-25-42)56(68)61-32-21-22-33-71-61/h16-18,24-25,27-28,37-41,43-45,48,52-54H,13-15,19-23,26,29-36H2,1-12H3/t39-,40-,41-,43-,44-,45-,48+,52-,53-,54+/m0/s1. The van der Waals surface area contributed by atoms with Crippen molar-refractivity contribution in [1.29, 1.82) is 0 Å². The second-order valence-corrected chi connectivity index (χ2v) is 21.3. The van der Waals surface area contributed by atoms with Crippen LogP contribution in [-0.2, 0) is 47.9 Å². The number of hydrogen-bond acceptors (Lipinski definition) is 11. The van der Waals surface area contributed by atoms with Gasteiger partial charge in [0.1, 0.15) is 5.78 Å². The van der Waals surface area contributed by atoms with E-state index in [2.05, 4.69) is 18.7 Å². The number of ether oxygens (including phenoxy) is 2. The average Bonchev–Trinajstić information content (AvgIpc) is 3.98. The van der Waals surface area contributed by atoms with Crippen LogP contribution >= 0.6 is 0 Å². The fraction of sp³-hybridized carbons (Fsp3) is 0.732. The van der Waals surface area contributed by atoms with Crippen molar-refractivity contribution in [2.45, 2.75) is 169 Å². The second-order valence-electron chi connectivity index (χ2n) is 21.3. The van der Waals surface area contributed by atoms with E-state index in [-0.39, 0.29) is 96.1 Å². The van der Waals surface area contributed by atoms with E-state index in [1.165, 1.54) is 22.1 Å². The molecule has 15 heteroatoms. The number of nitrogens with zero attached hydrogens (tertiary/aromatic N) is 5. The summed E-state index contributed by atoms with van der Waals surface area (Å²) in [5.41, 5.74) is 0.968. The van der Waals surface area contributed by atoms with E-state index in [1.54, 1.807) is 26.2 Å². The monoisotopic (exact) mass is 992 g/mol. The summed E-state index contributed by atoms with van der Waals surface area (Å²) in [6.45, 7) is 18.5. The molecule has 15 nitrogen and oxygen atoms in total. The summed E-state index contributed by atoms with van der Waals surface area (Å²) in [5.74, 6) is -3.36. The van der Waals surface area contributed by atoms with Crippen LogP contribution in [0.2, 0.25) is 0 Å². The minimum atomic E-state index is -0.651. The minimum absolute atomic E-state index is 0.00559. The number of hydrogen-bond donors (Lipinski definition) is 0. The fourth-order valence-electron chi connectivity index (χ4n) is 11.3. The van der Waals surface area contributed by atoms with Crippen LogP contribution in [0.25, 0.3) is 0 Å². The lowest BCUT2D eigenvalue weighted by molar-refractivity contribution is -0.202. The summed E-state index contributed by atoms with van der Waals surface area (Å²) >= 11 is 0. The number of imide groups is 1. The van der Waals surface area contributed by atoms with Crippen LogP contribution in [0, 0.1) is 35.5 Å². The Kier molecular flexibility index (Phi) is 24.0. The van der Waals surface area contributed by atoms with Crippen molar-refractivity contribution < 1.29 is 47.9 Å². The van der Waals surface area contributed by atoms with Crippen LogP contribution in [0.4, 0.5) is 0 Å². The number of methoxy groups -OCH3 is 2. The molecule has 1 aromatic carbocycles. The molecule has 3 aliphatic rings. The Morgan fingerprint density at radius 2 is 1.41 bits per heavy atom. The highest BCUT2D eigenvalue weighted by atomic mass is 16.7. The average molecular weight is 992 g/mol. The van der Waals surface area contributed by atoms with Gasteiger partial charge in [-0.2, -0.15) is 0 Å². The molecule has 0 N–H and O–H groups in total. The first-order chi connectivity index (χ1) is 33.8. The molecular formula is C56H89N5O10. The first kappa shape index (κ1) is 59.3. The molecule has 5 amide bonds. The minimum Gasteiger partial charge on any atom is -0.379 e. The molecule has 3 heterocycles. The van der Waals surface area contributed by atoms with Gasteiger partial charge in [0, 0.05) is 77.7 Å². The number of amides is 5. The quantitative estimate of drug-likeness (QED) is 0.0554. The van der Waals surface area contributed by atoms with Crippen LogP contribution in [0.3, 0.4) is 0 Å². The lowest BCUT2D eigenvalue weighted by atomic mass is 9.80. The summed E-state index contributed by atoms with van der Waals surface area (Å²) in [7, 11) is 6.89. The van der Waals surface area contributed by atoms with Gasteiger partial charge >= 0.3 is 0 Å². The molecule has 71 heavy (non-hydrogen) atoms. The zero-order chi connectivity index (χ0) is 52.5. The Labute approximate surface area is 425 Å². The molecule has 398 valence electrons. The van der Waals surface area contributed by atoms with Crippen molar-refractivity contribution in [1.82, 2.24) is 24.7 Å². The van der Waals surface area contributed by atoms with Gasteiger partial charge in [-0.05, 0) is 81.4 Å². The lowest BCUT2D eigenvalue weighted by Crippen LogP contribution is -2.54. The molecule has 10 atom stereocenters. The van der Waals surface area contributed by atoms with Gasteiger partial charge in [0.2, 0.25) is 17.7 Å². The molecule has 0 spiro atoms. The SMILES string of the molecule is CC[C@H](C)[C@@H]([C@@H](CC(=O)N1CCC[C@H]1[C@H](OC)[C@@H](C)C(=O)C[C@H](C(=O)N1CCCCO1)[C@@H](C)c1ccccc1)OC)N(C)C(=O)[C@@H](CC(=O)[C@H](C(C)C)N(C)CCCCCCN1C(=O)C=CC1=O)C(C)C. The lowest BCUT2D eigenvalue weighted by Gasteiger charge is -2.41. The molecule has 1 aromatic rings. The number of likely N-dealkylation sites (N-methyl/N-ethyl adjacent to an activating group) is 2. The van der Waals surface area contributed by atoms with Crippen molar-refractivity contribution >= 4 is 41.1 Å². The van der Waals surface area contributed by atoms with Gasteiger partial charge in [0.05, 0.1) is 49.3 Å². The van der Waals surface area contributed by atoms with Crippen LogP contribution in [0.1, 0.15) is 144 Å². The molecular weight excluding hydrogens is 903 g/mol. The van der Waals surface area contributed by atoms with Crippen LogP contribution in [-0.4, -0.2) is 157 Å². The number of unbranched alkanes of at least 4 members (excludes halogenated alkanes) is 3. The van der Waals surface area contributed by atoms with Gasteiger partial charge in [-0.1, -0.05) is 105 Å². The fourth-order valence-corrected chi connectivity index (χ4v) is 11.3. The summed E-state index contributed by atoms with van der Waals surface area (Å²) < 4.78 is 12.3. The maximum absolute atomic E-state index is 14.7. The number of carbonyl (C=O) groups is 7. The zero-order valence-corrected chi connectivity index (χ0v) is 45.3. The molecule has 3 aliphatic heterocycles. The Bertz CT molecular complexity index is 1920. The third-order valence-corrected chi connectivity index (χ3v) is 15.8. The number of benzene rings is 1. The smallest absolute Gasteiger partial charge is 0.253 e. The van der Waals surface area contributed by atoms with Crippen LogP contribution in [0.15, 0.2) is 42.5 Å². The van der Waals surface area contributed by atoms with Crippen LogP contribution in [0.5, 0.6) is 0 Å². The van der Waals surface area contributed by atoms with Crippen LogP contribution < -0.4 is 0 Å². The number of ketones is 2. The molecule has 2 saturated heterocycles. The maximum atomic E-state index is 14.7. The highest BCUT2D eigenvalue weighted by Gasteiger charge is 2.44. The molecule has 2 fully saturated rings. The van der Waals surface area contributed by atoms with Gasteiger partial charge in [-0.15, -0.1) is 0 Å². The largest absolute Gasteiger partial charge is 0.379 e. The molecule has 0 aromatic heterocycles. The summed E-state index contributed by atoms with van der Waals surface area (Å²) in [5, 5.41) is 1.44.